The molecule has 2 rings (SSSR count). The van der Waals surface area contributed by atoms with Crippen LogP contribution < -0.4 is 0 Å². The fourth-order valence-corrected chi connectivity index (χ4v) is 3.43. The van der Waals surface area contributed by atoms with Gasteiger partial charge in [0, 0.05) is 30.6 Å². The predicted octanol–water partition coefficient (Wildman–Crippen LogP) is -3.74. The van der Waals surface area contributed by atoms with Crippen LogP contribution in [0.2, 0.25) is 0 Å². The van der Waals surface area contributed by atoms with Crippen LogP contribution in [0, 0.1) is 0 Å². The highest BCUT2D eigenvalue weighted by Crippen LogP contribution is 2.23. The Bertz CT molecular complexity index is 770. The Balaban J connectivity index is 1.76. The van der Waals surface area contributed by atoms with Crippen molar-refractivity contribution in [1.29, 1.82) is 0 Å². The maximum Gasteiger partial charge on any atom is 0.333 e. The Morgan fingerprint density at radius 3 is 2.11 bits per heavy atom. The first-order valence-electron chi connectivity index (χ1n) is 11.3. The Labute approximate surface area is 206 Å². The SMILES string of the molecule is C=C(CCO)C(=O)OC[C@H]1OC[C@@H](OC(=O)C(=C)CCO[C@@H]2O[C@H](CO)[C@@H](O)[C@H](O)[C@H]2O)[C@@H](O)[C@@H]1O. The van der Waals surface area contributed by atoms with E-state index in [0.29, 0.717) is 0 Å². The lowest BCUT2D eigenvalue weighted by Gasteiger charge is -2.39. The van der Waals surface area contributed by atoms with Crippen LogP contribution in [0.15, 0.2) is 24.3 Å². The summed E-state index contributed by atoms with van der Waals surface area (Å²) in [6, 6.07) is 0. The van der Waals surface area contributed by atoms with Crippen molar-refractivity contribution in [3.8, 4) is 0 Å². The van der Waals surface area contributed by atoms with Crippen LogP contribution in [-0.2, 0) is 33.3 Å². The van der Waals surface area contributed by atoms with E-state index in [1.54, 1.807) is 0 Å². The van der Waals surface area contributed by atoms with Gasteiger partial charge in [-0.1, -0.05) is 13.2 Å². The number of aliphatic hydroxyl groups excluding tert-OH is 7. The van der Waals surface area contributed by atoms with Crippen LogP contribution in [0.4, 0.5) is 0 Å². The van der Waals surface area contributed by atoms with Gasteiger partial charge >= 0.3 is 11.9 Å². The molecule has 14 nitrogen and oxygen atoms in total. The van der Waals surface area contributed by atoms with Crippen LogP contribution >= 0.6 is 0 Å². The topological polar surface area (TPSA) is 222 Å². The van der Waals surface area contributed by atoms with Gasteiger partial charge in [-0.2, -0.15) is 0 Å². The van der Waals surface area contributed by atoms with E-state index < -0.39 is 80.3 Å². The van der Waals surface area contributed by atoms with Gasteiger partial charge in [0.05, 0.1) is 19.8 Å². The van der Waals surface area contributed by atoms with Crippen LogP contribution in [0.25, 0.3) is 0 Å². The number of aliphatic hydroxyl groups is 7. The van der Waals surface area contributed by atoms with Gasteiger partial charge in [0.15, 0.2) is 12.4 Å². The summed E-state index contributed by atoms with van der Waals surface area (Å²) in [7, 11) is 0. The Hall–Kier alpha value is -1.98. The number of esters is 2. The molecular formula is C22H34O14. The zero-order chi connectivity index (χ0) is 27.0. The van der Waals surface area contributed by atoms with Crippen molar-refractivity contribution < 1.29 is 69.0 Å². The average molecular weight is 523 g/mol. The number of ether oxygens (including phenoxy) is 5. The van der Waals surface area contributed by atoms with Crippen molar-refractivity contribution in [2.75, 3.05) is 33.0 Å². The second-order valence-electron chi connectivity index (χ2n) is 8.39. The molecule has 14 heteroatoms. The second kappa shape index (κ2) is 14.1. The molecule has 206 valence electrons. The zero-order valence-electron chi connectivity index (χ0n) is 19.5. The molecule has 0 bridgehead atoms. The van der Waals surface area contributed by atoms with E-state index >= 15 is 0 Å². The van der Waals surface area contributed by atoms with Gasteiger partial charge in [0.25, 0.3) is 0 Å². The molecule has 2 aliphatic rings. The van der Waals surface area contributed by atoms with Gasteiger partial charge in [-0.05, 0) is 0 Å². The standard InChI is InChI=1S/C22H34O14/c1-10(3-5-23)20(30)34-8-13-16(26)17(27)14(9-33-13)35-21(31)11(2)4-6-32-22-19(29)18(28)15(25)12(7-24)36-22/h12-19,22-29H,1-9H2/t12-,13-,14-,15-,16-,17-,18+,19-,22-/m1/s1. The smallest absolute Gasteiger partial charge is 0.333 e. The first kappa shape index (κ1) is 30.2. The zero-order valence-corrected chi connectivity index (χ0v) is 19.5. The van der Waals surface area contributed by atoms with E-state index in [9.17, 15) is 40.2 Å². The maximum atomic E-state index is 12.3. The lowest BCUT2D eigenvalue weighted by atomic mass is 9.99. The van der Waals surface area contributed by atoms with Crippen molar-refractivity contribution in [1.82, 2.24) is 0 Å². The minimum atomic E-state index is -1.61. The summed E-state index contributed by atoms with van der Waals surface area (Å²) in [5.41, 5.74) is -0.0519. The van der Waals surface area contributed by atoms with Gasteiger partial charge in [-0.3, -0.25) is 0 Å². The van der Waals surface area contributed by atoms with Gasteiger partial charge in [0.1, 0.15) is 49.3 Å². The van der Waals surface area contributed by atoms with Crippen molar-refractivity contribution >= 4 is 11.9 Å². The third-order valence-corrected chi connectivity index (χ3v) is 5.75. The molecule has 0 unspecified atom stereocenters. The van der Waals surface area contributed by atoms with Gasteiger partial charge in [0.2, 0.25) is 0 Å². The van der Waals surface area contributed by atoms with Crippen molar-refractivity contribution in [3.05, 3.63) is 24.3 Å². The summed E-state index contributed by atoms with van der Waals surface area (Å²) in [6.45, 7) is 5.20. The Morgan fingerprint density at radius 1 is 0.833 bits per heavy atom. The highest BCUT2D eigenvalue weighted by molar-refractivity contribution is 5.88. The summed E-state index contributed by atoms with van der Waals surface area (Å²) in [6.07, 6.45) is -12.8. The molecule has 0 aromatic carbocycles. The number of carbonyl (C=O) groups is 2. The van der Waals surface area contributed by atoms with E-state index in [0.717, 1.165) is 0 Å². The monoisotopic (exact) mass is 522 g/mol. The van der Waals surface area contributed by atoms with E-state index in [4.69, 9.17) is 28.8 Å². The third kappa shape index (κ3) is 7.76. The largest absolute Gasteiger partial charge is 0.459 e. The van der Waals surface area contributed by atoms with Gasteiger partial charge in [-0.15, -0.1) is 0 Å². The molecule has 2 heterocycles. The second-order valence-corrected chi connectivity index (χ2v) is 8.39. The maximum absolute atomic E-state index is 12.3. The van der Waals surface area contributed by atoms with Crippen molar-refractivity contribution in [2.24, 2.45) is 0 Å². The molecule has 2 aliphatic heterocycles. The lowest BCUT2D eigenvalue weighted by molar-refractivity contribution is -0.300. The third-order valence-electron chi connectivity index (χ3n) is 5.75. The number of hydrogen-bond acceptors (Lipinski definition) is 14. The molecule has 0 amide bonds. The first-order valence-corrected chi connectivity index (χ1v) is 11.3. The molecule has 36 heavy (non-hydrogen) atoms. The summed E-state index contributed by atoms with van der Waals surface area (Å²) in [5.74, 6) is -1.71. The fourth-order valence-electron chi connectivity index (χ4n) is 3.43. The predicted molar refractivity (Wildman–Crippen MR) is 117 cm³/mol. The number of rotatable bonds is 12. The normalized spacial score (nSPS) is 34.6. The Morgan fingerprint density at radius 2 is 1.47 bits per heavy atom. The molecule has 9 atom stereocenters. The molecule has 2 fully saturated rings. The van der Waals surface area contributed by atoms with Gasteiger partial charge in [-0.25, -0.2) is 9.59 Å². The van der Waals surface area contributed by atoms with Crippen LogP contribution in [0.5, 0.6) is 0 Å². The van der Waals surface area contributed by atoms with E-state index in [1.165, 1.54) is 0 Å². The van der Waals surface area contributed by atoms with E-state index in [-0.39, 0.29) is 43.8 Å². The molecule has 0 aromatic heterocycles. The average Bonchev–Trinajstić information content (AvgIpc) is 2.86. The summed E-state index contributed by atoms with van der Waals surface area (Å²) < 4.78 is 25.9. The highest BCUT2D eigenvalue weighted by Gasteiger charge is 2.44. The molecule has 2 saturated heterocycles. The van der Waals surface area contributed by atoms with E-state index in [2.05, 4.69) is 13.2 Å². The minimum Gasteiger partial charge on any atom is -0.459 e. The van der Waals surface area contributed by atoms with Crippen molar-refractivity contribution in [2.45, 2.75) is 68.0 Å². The van der Waals surface area contributed by atoms with Crippen LogP contribution in [0.1, 0.15) is 12.8 Å². The summed E-state index contributed by atoms with van der Waals surface area (Å²) in [5, 5.41) is 68.0. The van der Waals surface area contributed by atoms with Crippen LogP contribution in [-0.4, -0.2) is 136 Å². The van der Waals surface area contributed by atoms with Crippen LogP contribution in [0.3, 0.4) is 0 Å². The molecule has 0 saturated carbocycles. The molecule has 0 spiro atoms. The molecule has 7 N–H and O–H groups in total. The number of hydrogen-bond donors (Lipinski definition) is 7. The van der Waals surface area contributed by atoms with E-state index in [1.807, 2.05) is 0 Å². The summed E-state index contributed by atoms with van der Waals surface area (Å²) in [4.78, 5) is 24.1. The summed E-state index contributed by atoms with van der Waals surface area (Å²) >= 11 is 0. The Kier molecular flexibility index (Phi) is 11.8. The first-order chi connectivity index (χ1) is 17.0. The quantitative estimate of drug-likeness (QED) is 0.0967. The van der Waals surface area contributed by atoms with Crippen molar-refractivity contribution in [3.63, 3.8) is 0 Å². The molecule has 0 aliphatic carbocycles. The molecule has 0 radical (unpaired) electrons. The lowest BCUT2D eigenvalue weighted by Crippen LogP contribution is -2.59. The minimum absolute atomic E-state index is 0.0189. The fraction of sp³-hybridized carbons (Fsp3) is 0.727. The molecular weight excluding hydrogens is 488 g/mol. The highest BCUT2D eigenvalue weighted by atomic mass is 16.7. The molecule has 0 aromatic rings. The van der Waals surface area contributed by atoms with Gasteiger partial charge < -0.3 is 59.4 Å². The number of carbonyl (C=O) groups excluding carboxylic acids is 2.